The number of pyridine rings is 1. The molecule has 0 unspecified atom stereocenters. The van der Waals surface area contributed by atoms with E-state index in [1.54, 1.807) is 19.3 Å². The van der Waals surface area contributed by atoms with E-state index in [2.05, 4.69) is 20.6 Å². The first kappa shape index (κ1) is 20.6. The molecule has 1 aromatic carbocycles. The van der Waals surface area contributed by atoms with Crippen molar-refractivity contribution in [3.63, 3.8) is 0 Å². The Morgan fingerprint density at radius 1 is 1.18 bits per heavy atom. The van der Waals surface area contributed by atoms with E-state index in [1.165, 1.54) is 12.1 Å². The zero-order chi connectivity index (χ0) is 19.8. The van der Waals surface area contributed by atoms with Gasteiger partial charge in [-0.25, -0.2) is 9.37 Å². The van der Waals surface area contributed by atoms with Crippen molar-refractivity contribution in [1.82, 2.24) is 15.6 Å². The zero-order valence-electron chi connectivity index (χ0n) is 16.0. The van der Waals surface area contributed by atoms with Crippen LogP contribution in [0.3, 0.4) is 0 Å². The number of aromatic nitrogens is 1. The van der Waals surface area contributed by atoms with E-state index in [0.717, 1.165) is 42.9 Å². The summed E-state index contributed by atoms with van der Waals surface area (Å²) < 4.78 is 18.9. The van der Waals surface area contributed by atoms with E-state index in [4.69, 9.17) is 16.3 Å². The number of halogens is 2. The molecule has 0 radical (unpaired) electrons. The van der Waals surface area contributed by atoms with Crippen molar-refractivity contribution >= 4 is 17.6 Å². The molecule has 1 saturated heterocycles. The number of rotatable bonds is 6. The van der Waals surface area contributed by atoms with Gasteiger partial charge in [0.15, 0.2) is 5.96 Å². The molecule has 2 heterocycles. The van der Waals surface area contributed by atoms with Crippen molar-refractivity contribution in [2.24, 2.45) is 4.99 Å². The average molecular weight is 405 g/mol. The minimum atomic E-state index is -0.215. The number of nitrogens with zero attached hydrogens (tertiary/aromatic N) is 2. The van der Waals surface area contributed by atoms with Gasteiger partial charge in [-0.05, 0) is 48.6 Å². The van der Waals surface area contributed by atoms with Crippen molar-refractivity contribution in [2.75, 3.05) is 33.4 Å². The van der Waals surface area contributed by atoms with Gasteiger partial charge in [-0.2, -0.15) is 0 Å². The summed E-state index contributed by atoms with van der Waals surface area (Å²) in [5.74, 6) is 0.531. The van der Waals surface area contributed by atoms with Gasteiger partial charge in [-0.1, -0.05) is 29.8 Å². The Kier molecular flexibility index (Phi) is 7.23. The quantitative estimate of drug-likeness (QED) is 0.440. The standard InChI is InChI=1S/C21H26ClFN4O/c1-24-20(25-11-8-16-2-7-19(22)26-14-16)27-15-21(9-12-28-13-10-21)17-3-5-18(23)6-4-17/h2-7,14H,8-13,15H2,1H3,(H2,24,25,27). The summed E-state index contributed by atoms with van der Waals surface area (Å²) in [7, 11) is 1.76. The molecule has 1 aliphatic rings. The second-order valence-corrected chi connectivity index (χ2v) is 7.38. The molecule has 0 bridgehead atoms. The highest BCUT2D eigenvalue weighted by Gasteiger charge is 2.34. The highest BCUT2D eigenvalue weighted by Crippen LogP contribution is 2.34. The Morgan fingerprint density at radius 3 is 2.57 bits per heavy atom. The largest absolute Gasteiger partial charge is 0.381 e. The van der Waals surface area contributed by atoms with E-state index in [0.29, 0.717) is 24.9 Å². The SMILES string of the molecule is CN=C(NCCc1ccc(Cl)nc1)NCC1(c2ccc(F)cc2)CCOCC1. The normalized spacial score (nSPS) is 16.6. The molecular formula is C21H26ClFN4O. The Bertz CT molecular complexity index is 774. The Morgan fingerprint density at radius 2 is 1.93 bits per heavy atom. The third kappa shape index (κ3) is 5.42. The number of benzene rings is 1. The first-order chi connectivity index (χ1) is 13.6. The summed E-state index contributed by atoms with van der Waals surface area (Å²) in [6.45, 7) is 2.85. The van der Waals surface area contributed by atoms with Gasteiger partial charge in [0.1, 0.15) is 11.0 Å². The fourth-order valence-electron chi connectivity index (χ4n) is 3.49. The van der Waals surface area contributed by atoms with Gasteiger partial charge >= 0.3 is 0 Å². The summed E-state index contributed by atoms with van der Waals surface area (Å²) in [5.41, 5.74) is 2.15. The monoisotopic (exact) mass is 404 g/mol. The average Bonchev–Trinajstić information content (AvgIpc) is 2.73. The lowest BCUT2D eigenvalue weighted by molar-refractivity contribution is 0.0513. The Balaban J connectivity index is 1.58. The molecule has 150 valence electrons. The molecule has 0 atom stereocenters. The summed E-state index contributed by atoms with van der Waals surface area (Å²) in [6, 6.07) is 10.6. The smallest absolute Gasteiger partial charge is 0.191 e. The third-order valence-corrected chi connectivity index (χ3v) is 5.44. The van der Waals surface area contributed by atoms with Gasteiger partial charge in [-0.3, -0.25) is 4.99 Å². The van der Waals surface area contributed by atoms with Gasteiger partial charge in [0.05, 0.1) is 0 Å². The predicted molar refractivity (Wildman–Crippen MR) is 110 cm³/mol. The maximum atomic E-state index is 13.4. The number of hydrogen-bond donors (Lipinski definition) is 2. The summed E-state index contributed by atoms with van der Waals surface area (Å²) in [5, 5.41) is 7.28. The molecule has 0 aliphatic carbocycles. The third-order valence-electron chi connectivity index (χ3n) is 5.22. The number of guanidine groups is 1. The van der Waals surface area contributed by atoms with Crippen LogP contribution in [0.25, 0.3) is 0 Å². The van der Waals surface area contributed by atoms with Gasteiger partial charge < -0.3 is 15.4 Å². The topological polar surface area (TPSA) is 58.5 Å². The molecular weight excluding hydrogens is 379 g/mol. The molecule has 2 aromatic rings. The lowest BCUT2D eigenvalue weighted by atomic mass is 9.74. The van der Waals surface area contributed by atoms with E-state index in [-0.39, 0.29) is 11.2 Å². The highest BCUT2D eigenvalue weighted by molar-refractivity contribution is 6.29. The second kappa shape index (κ2) is 9.85. The van der Waals surface area contributed by atoms with Crippen LogP contribution in [0.2, 0.25) is 5.15 Å². The molecule has 1 fully saturated rings. The first-order valence-electron chi connectivity index (χ1n) is 9.50. The van der Waals surface area contributed by atoms with Gasteiger partial charge in [0.2, 0.25) is 0 Å². The molecule has 1 aliphatic heterocycles. The molecule has 28 heavy (non-hydrogen) atoms. The van der Waals surface area contributed by atoms with Crippen LogP contribution < -0.4 is 10.6 Å². The lowest BCUT2D eigenvalue weighted by Crippen LogP contribution is -2.48. The molecule has 3 rings (SSSR count). The van der Waals surface area contributed by atoms with E-state index in [9.17, 15) is 4.39 Å². The molecule has 0 amide bonds. The Hall–Kier alpha value is -2.18. The summed E-state index contributed by atoms with van der Waals surface area (Å²) >= 11 is 5.82. The van der Waals surface area contributed by atoms with Crippen molar-refractivity contribution in [2.45, 2.75) is 24.7 Å². The fourth-order valence-corrected chi connectivity index (χ4v) is 3.60. The molecule has 2 N–H and O–H groups in total. The van der Waals surface area contributed by atoms with Crippen molar-refractivity contribution in [3.05, 3.63) is 64.7 Å². The maximum Gasteiger partial charge on any atom is 0.191 e. The lowest BCUT2D eigenvalue weighted by Gasteiger charge is -2.38. The van der Waals surface area contributed by atoms with Crippen LogP contribution in [0.1, 0.15) is 24.0 Å². The van der Waals surface area contributed by atoms with Crippen LogP contribution in [0.5, 0.6) is 0 Å². The Labute approximate surface area is 170 Å². The van der Waals surface area contributed by atoms with Crippen LogP contribution in [0, 0.1) is 5.82 Å². The molecule has 1 aromatic heterocycles. The van der Waals surface area contributed by atoms with Gasteiger partial charge in [0, 0.05) is 45.0 Å². The zero-order valence-corrected chi connectivity index (χ0v) is 16.8. The van der Waals surface area contributed by atoms with Crippen molar-refractivity contribution in [3.8, 4) is 0 Å². The fraction of sp³-hybridized carbons (Fsp3) is 0.429. The van der Waals surface area contributed by atoms with Crippen LogP contribution in [0.15, 0.2) is 47.6 Å². The minimum Gasteiger partial charge on any atom is -0.381 e. The second-order valence-electron chi connectivity index (χ2n) is 6.99. The molecule has 0 spiro atoms. The summed E-state index contributed by atoms with van der Waals surface area (Å²) in [6.07, 6.45) is 4.38. The number of nitrogens with one attached hydrogen (secondary N) is 2. The molecule has 7 heteroatoms. The van der Waals surface area contributed by atoms with Crippen LogP contribution in [-0.4, -0.2) is 44.3 Å². The number of ether oxygens (including phenoxy) is 1. The van der Waals surface area contributed by atoms with E-state index in [1.807, 2.05) is 18.2 Å². The number of hydrogen-bond acceptors (Lipinski definition) is 3. The van der Waals surface area contributed by atoms with Gasteiger partial charge in [0.25, 0.3) is 0 Å². The van der Waals surface area contributed by atoms with Crippen molar-refractivity contribution < 1.29 is 9.13 Å². The summed E-state index contributed by atoms with van der Waals surface area (Å²) in [4.78, 5) is 8.42. The van der Waals surface area contributed by atoms with Crippen LogP contribution in [-0.2, 0) is 16.6 Å². The van der Waals surface area contributed by atoms with Crippen LogP contribution in [0.4, 0.5) is 4.39 Å². The van der Waals surface area contributed by atoms with E-state index >= 15 is 0 Å². The minimum absolute atomic E-state index is 0.0936. The first-order valence-corrected chi connectivity index (χ1v) is 9.88. The maximum absolute atomic E-state index is 13.4. The van der Waals surface area contributed by atoms with Crippen molar-refractivity contribution in [1.29, 1.82) is 0 Å². The predicted octanol–water partition coefficient (Wildman–Crippen LogP) is 3.33. The van der Waals surface area contributed by atoms with Crippen LogP contribution >= 0.6 is 11.6 Å². The highest BCUT2D eigenvalue weighted by atomic mass is 35.5. The van der Waals surface area contributed by atoms with Gasteiger partial charge in [-0.15, -0.1) is 0 Å². The molecule has 0 saturated carbocycles. The molecule has 5 nitrogen and oxygen atoms in total. The number of aliphatic imine (C=N–C) groups is 1. The van der Waals surface area contributed by atoms with E-state index < -0.39 is 0 Å².